The van der Waals surface area contributed by atoms with E-state index in [1.54, 1.807) is 12.4 Å². The van der Waals surface area contributed by atoms with Crippen molar-refractivity contribution in [2.75, 3.05) is 36.6 Å². The highest BCUT2D eigenvalue weighted by atomic mass is 16.7. The maximum absolute atomic E-state index is 12.5. The SMILES string of the molecule is Cc1cc(N2CC3CC(C2)N3CC(=O)Nc2ccc3c(c2)OCO3)ncn1. The Hall–Kier alpha value is -2.87. The van der Waals surface area contributed by atoms with E-state index in [4.69, 9.17) is 9.47 Å². The van der Waals surface area contributed by atoms with Crippen molar-refractivity contribution in [2.45, 2.75) is 25.4 Å². The summed E-state index contributed by atoms with van der Waals surface area (Å²) in [6, 6.07) is 8.25. The molecule has 0 radical (unpaired) electrons. The highest BCUT2D eigenvalue weighted by molar-refractivity contribution is 5.92. The molecule has 3 fully saturated rings. The molecule has 1 aromatic carbocycles. The number of nitrogens with zero attached hydrogens (tertiary/aromatic N) is 4. The van der Waals surface area contributed by atoms with Gasteiger partial charge in [0, 0.05) is 48.7 Å². The number of rotatable bonds is 4. The van der Waals surface area contributed by atoms with Crippen molar-refractivity contribution in [2.24, 2.45) is 0 Å². The number of piperidine rings is 1. The first-order valence-electron chi connectivity index (χ1n) is 9.14. The highest BCUT2D eigenvalue weighted by Crippen LogP contribution is 2.35. The lowest BCUT2D eigenvalue weighted by atomic mass is 9.87. The number of ether oxygens (including phenoxy) is 2. The summed E-state index contributed by atoms with van der Waals surface area (Å²) in [5.74, 6) is 2.35. The predicted molar refractivity (Wildman–Crippen MR) is 99.1 cm³/mol. The number of anilines is 2. The number of aromatic nitrogens is 2. The van der Waals surface area contributed by atoms with Crippen LogP contribution in [0.2, 0.25) is 0 Å². The van der Waals surface area contributed by atoms with Crippen LogP contribution in [0.5, 0.6) is 11.5 Å². The summed E-state index contributed by atoms with van der Waals surface area (Å²) in [4.78, 5) is 25.6. The maximum atomic E-state index is 12.5. The average molecular weight is 367 g/mol. The molecule has 0 saturated carbocycles. The number of benzene rings is 1. The van der Waals surface area contributed by atoms with Crippen molar-refractivity contribution >= 4 is 17.4 Å². The molecular formula is C19H21N5O3. The van der Waals surface area contributed by atoms with Gasteiger partial charge in [0.05, 0.1) is 6.54 Å². The standard InChI is InChI=1S/C19H21N5O3/c1-12-4-18(21-10-20-12)23-7-14-6-15(8-23)24(14)9-19(25)22-13-2-3-16-17(5-13)27-11-26-16/h2-5,10,14-15H,6-9,11H2,1H3,(H,22,25). The fourth-order valence-corrected chi connectivity index (χ4v) is 4.09. The zero-order valence-electron chi connectivity index (χ0n) is 15.1. The van der Waals surface area contributed by atoms with Crippen molar-refractivity contribution in [1.82, 2.24) is 14.9 Å². The number of hydrogen-bond acceptors (Lipinski definition) is 7. The van der Waals surface area contributed by atoms with Gasteiger partial charge >= 0.3 is 0 Å². The third-order valence-corrected chi connectivity index (χ3v) is 5.44. The molecule has 0 spiro atoms. The minimum Gasteiger partial charge on any atom is -0.454 e. The second-order valence-corrected chi connectivity index (χ2v) is 7.25. The van der Waals surface area contributed by atoms with Crippen molar-refractivity contribution in [1.29, 1.82) is 0 Å². The number of fused-ring (bicyclic) bond motifs is 3. The normalized spacial score (nSPS) is 23.1. The third-order valence-electron chi connectivity index (χ3n) is 5.44. The maximum Gasteiger partial charge on any atom is 0.238 e. The molecule has 4 aliphatic heterocycles. The molecule has 4 aliphatic rings. The zero-order chi connectivity index (χ0) is 18.4. The topological polar surface area (TPSA) is 79.8 Å². The van der Waals surface area contributed by atoms with Crippen molar-refractivity contribution in [3.8, 4) is 11.5 Å². The van der Waals surface area contributed by atoms with Gasteiger partial charge in [0.1, 0.15) is 12.1 Å². The van der Waals surface area contributed by atoms with Gasteiger partial charge in [0.2, 0.25) is 12.7 Å². The molecule has 1 amide bonds. The molecule has 1 aromatic heterocycles. The first-order chi connectivity index (χ1) is 13.2. The molecule has 2 atom stereocenters. The molecule has 2 aromatic rings. The van der Waals surface area contributed by atoms with Crippen LogP contribution in [0.3, 0.4) is 0 Å². The first-order valence-corrected chi connectivity index (χ1v) is 9.14. The average Bonchev–Trinajstić information content (AvgIpc) is 3.14. The number of aryl methyl sites for hydroxylation is 1. The van der Waals surface area contributed by atoms with E-state index in [0.29, 0.717) is 30.1 Å². The predicted octanol–water partition coefficient (Wildman–Crippen LogP) is 1.42. The van der Waals surface area contributed by atoms with Crippen molar-refractivity contribution < 1.29 is 14.3 Å². The van der Waals surface area contributed by atoms with Crippen molar-refractivity contribution in [3.05, 3.63) is 36.3 Å². The summed E-state index contributed by atoms with van der Waals surface area (Å²) in [6.45, 7) is 4.39. The molecule has 0 aliphatic carbocycles. The lowest BCUT2D eigenvalue weighted by Gasteiger charge is -2.56. The van der Waals surface area contributed by atoms with E-state index in [-0.39, 0.29) is 12.7 Å². The Morgan fingerprint density at radius 2 is 2.00 bits per heavy atom. The fraction of sp³-hybridized carbons (Fsp3) is 0.421. The van der Waals surface area contributed by atoms with Gasteiger partial charge in [-0.15, -0.1) is 0 Å². The summed E-state index contributed by atoms with van der Waals surface area (Å²) in [5.41, 5.74) is 1.70. The van der Waals surface area contributed by atoms with Crippen LogP contribution in [0.15, 0.2) is 30.6 Å². The van der Waals surface area contributed by atoms with E-state index in [9.17, 15) is 4.79 Å². The molecule has 140 valence electrons. The molecular weight excluding hydrogens is 346 g/mol. The molecule has 27 heavy (non-hydrogen) atoms. The van der Waals surface area contributed by atoms with Crippen LogP contribution in [0.4, 0.5) is 11.5 Å². The summed E-state index contributed by atoms with van der Waals surface area (Å²) < 4.78 is 10.7. The van der Waals surface area contributed by atoms with Crippen LogP contribution in [0.1, 0.15) is 12.1 Å². The summed E-state index contributed by atoms with van der Waals surface area (Å²) in [5, 5.41) is 2.96. The van der Waals surface area contributed by atoms with Gasteiger partial charge in [-0.2, -0.15) is 0 Å². The van der Waals surface area contributed by atoms with Crippen molar-refractivity contribution in [3.63, 3.8) is 0 Å². The lowest BCUT2D eigenvalue weighted by molar-refractivity contribution is -0.121. The number of amides is 1. The monoisotopic (exact) mass is 367 g/mol. The number of carbonyl (C=O) groups is 1. The second-order valence-electron chi connectivity index (χ2n) is 7.25. The Morgan fingerprint density at radius 1 is 1.19 bits per heavy atom. The van der Waals surface area contributed by atoms with Crippen LogP contribution in [-0.2, 0) is 4.79 Å². The molecule has 1 N–H and O–H groups in total. The second kappa shape index (κ2) is 6.38. The van der Waals surface area contributed by atoms with E-state index >= 15 is 0 Å². The van der Waals surface area contributed by atoms with Gasteiger partial charge < -0.3 is 19.7 Å². The summed E-state index contributed by atoms with van der Waals surface area (Å²) in [6.07, 6.45) is 2.75. The molecule has 3 saturated heterocycles. The highest BCUT2D eigenvalue weighted by Gasteiger charge is 2.45. The molecule has 8 nitrogen and oxygen atoms in total. The number of carbonyl (C=O) groups excluding carboxylic acids is 1. The lowest BCUT2D eigenvalue weighted by Crippen LogP contribution is -2.69. The minimum absolute atomic E-state index is 0.00473. The Kier molecular flexibility index (Phi) is 3.86. The van der Waals surface area contributed by atoms with Gasteiger partial charge in [-0.05, 0) is 25.5 Å². The van der Waals surface area contributed by atoms with Crippen LogP contribution >= 0.6 is 0 Å². The van der Waals surface area contributed by atoms with E-state index < -0.39 is 0 Å². The van der Waals surface area contributed by atoms with E-state index in [1.165, 1.54) is 0 Å². The van der Waals surface area contributed by atoms with Crippen LogP contribution in [-0.4, -0.2) is 59.3 Å². The summed E-state index contributed by atoms with van der Waals surface area (Å²) >= 11 is 0. The molecule has 5 heterocycles. The number of piperazine rings is 1. The zero-order valence-corrected chi connectivity index (χ0v) is 15.1. The Balaban J connectivity index is 1.19. The van der Waals surface area contributed by atoms with Crippen LogP contribution < -0.4 is 19.7 Å². The Bertz CT molecular complexity index is 877. The van der Waals surface area contributed by atoms with Crippen LogP contribution in [0.25, 0.3) is 0 Å². The first kappa shape index (κ1) is 16.3. The largest absolute Gasteiger partial charge is 0.454 e. The smallest absolute Gasteiger partial charge is 0.238 e. The summed E-state index contributed by atoms with van der Waals surface area (Å²) in [7, 11) is 0. The number of hydrogen-bond donors (Lipinski definition) is 1. The van der Waals surface area contributed by atoms with E-state index in [2.05, 4.69) is 25.1 Å². The minimum atomic E-state index is -0.00473. The molecule has 8 heteroatoms. The third kappa shape index (κ3) is 3.06. The van der Waals surface area contributed by atoms with Crippen LogP contribution in [0, 0.1) is 6.92 Å². The Morgan fingerprint density at radius 3 is 2.81 bits per heavy atom. The van der Waals surface area contributed by atoms with Gasteiger partial charge in [0.25, 0.3) is 0 Å². The molecule has 2 unspecified atom stereocenters. The van der Waals surface area contributed by atoms with E-state index in [0.717, 1.165) is 36.7 Å². The van der Waals surface area contributed by atoms with Gasteiger partial charge in [-0.3, -0.25) is 9.69 Å². The van der Waals surface area contributed by atoms with Gasteiger partial charge in [-0.25, -0.2) is 9.97 Å². The fourth-order valence-electron chi connectivity index (χ4n) is 4.09. The molecule has 6 rings (SSSR count). The van der Waals surface area contributed by atoms with E-state index in [1.807, 2.05) is 25.1 Å². The molecule has 2 bridgehead atoms. The Labute approximate surface area is 157 Å². The number of nitrogens with one attached hydrogen (secondary N) is 1. The van der Waals surface area contributed by atoms with Gasteiger partial charge in [-0.1, -0.05) is 0 Å². The quantitative estimate of drug-likeness (QED) is 0.875. The van der Waals surface area contributed by atoms with Gasteiger partial charge in [0.15, 0.2) is 11.5 Å².